The van der Waals surface area contributed by atoms with E-state index in [0.717, 1.165) is 18.6 Å². The summed E-state index contributed by atoms with van der Waals surface area (Å²) in [5.41, 5.74) is 1.32. The van der Waals surface area contributed by atoms with Gasteiger partial charge in [-0.05, 0) is 30.2 Å². The Kier molecular flexibility index (Phi) is 3.44. The van der Waals surface area contributed by atoms with E-state index in [1.165, 1.54) is 15.3 Å². The second-order valence-electron chi connectivity index (χ2n) is 4.53. The van der Waals surface area contributed by atoms with Crippen molar-refractivity contribution in [1.29, 1.82) is 0 Å². The molecule has 1 nitrogen and oxygen atoms in total. The molecule has 0 fully saturated rings. The number of hydrogen-bond acceptors (Lipinski definition) is 2. The Labute approximate surface area is 120 Å². The molecule has 0 radical (unpaired) electrons. The van der Waals surface area contributed by atoms with Crippen molar-refractivity contribution in [2.45, 2.75) is 30.7 Å². The first-order chi connectivity index (χ1) is 8.78. The van der Waals surface area contributed by atoms with E-state index in [9.17, 15) is 0 Å². The number of para-hydroxylation sites is 1. The molecule has 0 spiro atoms. The number of alkyl halides is 1. The van der Waals surface area contributed by atoms with Gasteiger partial charge >= 0.3 is 0 Å². The lowest BCUT2D eigenvalue weighted by Crippen LogP contribution is -2.18. The average Bonchev–Trinajstić information content (AvgIpc) is 3.04. The molecule has 1 aromatic heterocycles. The Hall–Kier alpha value is -0.800. The monoisotopic (exact) mass is 322 g/mol. The van der Waals surface area contributed by atoms with Crippen LogP contribution in [0.15, 0.2) is 36.4 Å². The van der Waals surface area contributed by atoms with E-state index in [1.54, 1.807) is 0 Å². The quantitative estimate of drug-likeness (QED) is 0.741. The second-order valence-corrected chi connectivity index (χ2v) is 6.71. The fraction of sp³-hybridized carbons (Fsp3) is 0.333. The molecule has 2 aromatic rings. The number of hydrogen-bond donors (Lipinski definition) is 0. The van der Waals surface area contributed by atoms with Crippen LogP contribution in [0.2, 0.25) is 0 Å². The third-order valence-corrected chi connectivity index (χ3v) is 6.00. The Bertz CT molecular complexity index is 524. The molecule has 1 aliphatic heterocycles. The number of benzene rings is 1. The Balaban J connectivity index is 1.77. The second kappa shape index (κ2) is 5.06. The number of ether oxygens (including phenoxy) is 1. The van der Waals surface area contributed by atoms with Crippen LogP contribution in [0, 0.1) is 0 Å². The van der Waals surface area contributed by atoms with Crippen molar-refractivity contribution >= 4 is 27.3 Å². The first kappa shape index (κ1) is 12.2. The third-order valence-electron chi connectivity index (χ3n) is 3.30. The summed E-state index contributed by atoms with van der Waals surface area (Å²) in [6, 6.07) is 12.8. The number of thiophene rings is 1. The minimum absolute atomic E-state index is 0.214. The maximum Gasteiger partial charge on any atom is 0.123 e. The zero-order chi connectivity index (χ0) is 12.5. The Morgan fingerprint density at radius 2 is 2.17 bits per heavy atom. The summed E-state index contributed by atoms with van der Waals surface area (Å²) in [6.07, 6.45) is 2.31. The van der Waals surface area contributed by atoms with E-state index < -0.39 is 0 Å². The third kappa shape index (κ3) is 2.21. The van der Waals surface area contributed by atoms with Crippen molar-refractivity contribution < 1.29 is 4.74 Å². The van der Waals surface area contributed by atoms with E-state index in [2.05, 4.69) is 53.2 Å². The van der Waals surface area contributed by atoms with E-state index in [0.29, 0.717) is 0 Å². The van der Waals surface area contributed by atoms with Gasteiger partial charge < -0.3 is 4.74 Å². The maximum absolute atomic E-state index is 6.03. The topological polar surface area (TPSA) is 9.23 Å². The van der Waals surface area contributed by atoms with Gasteiger partial charge in [-0.15, -0.1) is 11.3 Å². The minimum atomic E-state index is 0.214. The summed E-state index contributed by atoms with van der Waals surface area (Å²) in [5.74, 6) is 1.04. The van der Waals surface area contributed by atoms with Crippen molar-refractivity contribution in [2.24, 2.45) is 0 Å². The first-order valence-electron chi connectivity index (χ1n) is 6.25. The highest BCUT2D eigenvalue weighted by Crippen LogP contribution is 2.40. The van der Waals surface area contributed by atoms with Gasteiger partial charge in [-0.1, -0.05) is 41.1 Å². The minimum Gasteiger partial charge on any atom is -0.488 e. The predicted molar refractivity (Wildman–Crippen MR) is 79.9 cm³/mol. The SMILES string of the molecule is CCc1ccc(C(Br)C2Cc3ccccc3O2)s1. The van der Waals surface area contributed by atoms with Crippen LogP contribution in [-0.4, -0.2) is 6.10 Å². The van der Waals surface area contributed by atoms with E-state index in [4.69, 9.17) is 4.74 Å². The molecule has 2 heterocycles. The summed E-state index contributed by atoms with van der Waals surface area (Å²) >= 11 is 5.68. The summed E-state index contributed by atoms with van der Waals surface area (Å²) < 4.78 is 6.03. The maximum atomic E-state index is 6.03. The van der Waals surface area contributed by atoms with Crippen LogP contribution in [0.1, 0.15) is 27.1 Å². The molecule has 0 amide bonds. The zero-order valence-corrected chi connectivity index (χ0v) is 12.6. The van der Waals surface area contributed by atoms with Crippen molar-refractivity contribution in [3.05, 3.63) is 51.7 Å². The summed E-state index contributed by atoms with van der Waals surface area (Å²) in [5, 5.41) is 0. The highest BCUT2D eigenvalue weighted by atomic mass is 79.9. The van der Waals surface area contributed by atoms with Crippen LogP contribution < -0.4 is 4.74 Å². The molecule has 94 valence electrons. The summed E-state index contributed by atoms with van der Waals surface area (Å²) in [6.45, 7) is 2.20. The molecule has 2 atom stereocenters. The van der Waals surface area contributed by atoms with E-state index >= 15 is 0 Å². The van der Waals surface area contributed by atoms with Crippen LogP contribution >= 0.6 is 27.3 Å². The van der Waals surface area contributed by atoms with Gasteiger partial charge in [0.05, 0.1) is 4.83 Å². The number of aryl methyl sites for hydroxylation is 1. The molecule has 0 saturated heterocycles. The fourth-order valence-electron chi connectivity index (χ4n) is 2.29. The van der Waals surface area contributed by atoms with Gasteiger partial charge in [0.2, 0.25) is 0 Å². The molecular weight excluding hydrogens is 308 g/mol. The Morgan fingerprint density at radius 3 is 2.89 bits per heavy atom. The molecule has 1 aromatic carbocycles. The Morgan fingerprint density at radius 1 is 1.33 bits per heavy atom. The lowest BCUT2D eigenvalue weighted by Gasteiger charge is -2.16. The zero-order valence-electron chi connectivity index (χ0n) is 10.2. The van der Waals surface area contributed by atoms with Gasteiger partial charge in [-0.25, -0.2) is 0 Å². The first-order valence-corrected chi connectivity index (χ1v) is 7.98. The molecule has 1 aliphatic rings. The van der Waals surface area contributed by atoms with Crippen LogP contribution in [0.4, 0.5) is 0 Å². The van der Waals surface area contributed by atoms with Gasteiger partial charge in [0.1, 0.15) is 11.9 Å². The number of halogens is 1. The molecule has 0 saturated carbocycles. The van der Waals surface area contributed by atoms with Gasteiger partial charge in [0, 0.05) is 16.2 Å². The van der Waals surface area contributed by atoms with Crippen molar-refractivity contribution in [3.8, 4) is 5.75 Å². The van der Waals surface area contributed by atoms with E-state index in [-0.39, 0.29) is 10.9 Å². The van der Waals surface area contributed by atoms with Crippen molar-refractivity contribution in [3.63, 3.8) is 0 Å². The van der Waals surface area contributed by atoms with Crippen LogP contribution in [0.25, 0.3) is 0 Å². The summed E-state index contributed by atoms with van der Waals surface area (Å²) in [7, 11) is 0. The molecule has 0 N–H and O–H groups in total. The normalized spacial score (nSPS) is 19.3. The highest BCUT2D eigenvalue weighted by molar-refractivity contribution is 9.09. The van der Waals surface area contributed by atoms with Crippen LogP contribution in [0.5, 0.6) is 5.75 Å². The molecule has 0 aliphatic carbocycles. The van der Waals surface area contributed by atoms with Gasteiger partial charge in [0.15, 0.2) is 0 Å². The lowest BCUT2D eigenvalue weighted by molar-refractivity contribution is 0.233. The van der Waals surface area contributed by atoms with Crippen molar-refractivity contribution in [2.75, 3.05) is 0 Å². The molecule has 0 bridgehead atoms. The van der Waals surface area contributed by atoms with Gasteiger partial charge in [-0.3, -0.25) is 0 Å². The summed E-state index contributed by atoms with van der Waals surface area (Å²) in [4.78, 5) is 3.09. The molecule has 2 unspecified atom stereocenters. The van der Waals surface area contributed by atoms with Crippen LogP contribution in [0.3, 0.4) is 0 Å². The van der Waals surface area contributed by atoms with E-state index in [1.807, 2.05) is 17.4 Å². The predicted octanol–water partition coefficient (Wildman–Crippen LogP) is 4.75. The highest BCUT2D eigenvalue weighted by Gasteiger charge is 2.30. The molecule has 3 rings (SSSR count). The van der Waals surface area contributed by atoms with Gasteiger partial charge in [0.25, 0.3) is 0 Å². The van der Waals surface area contributed by atoms with Crippen LogP contribution in [-0.2, 0) is 12.8 Å². The van der Waals surface area contributed by atoms with Gasteiger partial charge in [-0.2, -0.15) is 0 Å². The lowest BCUT2D eigenvalue weighted by atomic mass is 10.1. The average molecular weight is 323 g/mol. The molecule has 3 heteroatoms. The smallest absolute Gasteiger partial charge is 0.123 e. The largest absolute Gasteiger partial charge is 0.488 e. The number of rotatable bonds is 3. The number of fused-ring (bicyclic) bond motifs is 1. The standard InChI is InChI=1S/C15H15BrOS/c1-2-11-7-8-14(18-11)15(16)13-9-10-5-3-4-6-12(10)17-13/h3-8,13,15H,2,9H2,1H3. The van der Waals surface area contributed by atoms with Crippen molar-refractivity contribution in [1.82, 2.24) is 0 Å². The molecular formula is C15H15BrOS. The fourth-order valence-corrected chi connectivity index (χ4v) is 4.00. The molecule has 18 heavy (non-hydrogen) atoms.